The number of aromatic amines is 1. The number of benzene rings is 2. The Morgan fingerprint density at radius 3 is 2.58 bits per heavy atom. The standard InChI is InChI=1S/C24H26FN3O3/c1-2-31-22(29)15-20(16-7-9-18(25)10-8-16)17-11-13-28(14-12-17)24(30)23-19-5-3-4-6-21(19)26-27-23/h3-10,17,20H,2,11-15H2,1H3,(H,26,27). The fourth-order valence-corrected chi connectivity index (χ4v) is 4.45. The van der Waals surface area contributed by atoms with Crippen LogP contribution in [0.25, 0.3) is 10.9 Å². The number of para-hydroxylation sites is 1. The number of fused-ring (bicyclic) bond motifs is 1. The number of rotatable bonds is 6. The number of likely N-dealkylation sites (tertiary alicyclic amines) is 1. The second kappa shape index (κ2) is 9.29. The van der Waals surface area contributed by atoms with Gasteiger partial charge in [0.2, 0.25) is 0 Å². The maximum absolute atomic E-state index is 13.4. The monoisotopic (exact) mass is 423 g/mol. The van der Waals surface area contributed by atoms with Gasteiger partial charge in [0.25, 0.3) is 5.91 Å². The first-order valence-corrected chi connectivity index (χ1v) is 10.7. The molecule has 6 nitrogen and oxygen atoms in total. The number of carbonyl (C=O) groups excluding carboxylic acids is 2. The number of aromatic nitrogens is 2. The normalized spacial score (nSPS) is 15.7. The van der Waals surface area contributed by atoms with Crippen LogP contribution < -0.4 is 0 Å². The van der Waals surface area contributed by atoms with Gasteiger partial charge in [0.05, 0.1) is 18.5 Å². The number of halogens is 1. The van der Waals surface area contributed by atoms with Gasteiger partial charge in [-0.1, -0.05) is 30.3 Å². The van der Waals surface area contributed by atoms with Crippen molar-refractivity contribution in [3.05, 3.63) is 65.6 Å². The number of amides is 1. The molecule has 1 saturated heterocycles. The van der Waals surface area contributed by atoms with Crippen molar-refractivity contribution in [1.82, 2.24) is 15.1 Å². The van der Waals surface area contributed by atoms with E-state index in [-0.39, 0.29) is 36.0 Å². The lowest BCUT2D eigenvalue weighted by Crippen LogP contribution is -2.40. The lowest BCUT2D eigenvalue weighted by Gasteiger charge is -2.36. The number of esters is 1. The molecule has 1 fully saturated rings. The average molecular weight is 423 g/mol. The molecule has 2 aromatic carbocycles. The number of hydrogen-bond acceptors (Lipinski definition) is 4. The van der Waals surface area contributed by atoms with Crippen LogP contribution in [-0.2, 0) is 9.53 Å². The molecule has 0 radical (unpaired) electrons. The van der Waals surface area contributed by atoms with Gasteiger partial charge in [-0.3, -0.25) is 14.7 Å². The molecule has 1 aliphatic rings. The van der Waals surface area contributed by atoms with Gasteiger partial charge in [-0.15, -0.1) is 0 Å². The van der Waals surface area contributed by atoms with Crippen LogP contribution in [0, 0.1) is 11.7 Å². The minimum absolute atomic E-state index is 0.0666. The highest BCUT2D eigenvalue weighted by molar-refractivity contribution is 6.04. The van der Waals surface area contributed by atoms with Crippen molar-refractivity contribution in [3.8, 4) is 0 Å². The van der Waals surface area contributed by atoms with Crippen LogP contribution in [-0.4, -0.2) is 46.7 Å². The third kappa shape index (κ3) is 4.60. The van der Waals surface area contributed by atoms with E-state index in [1.165, 1.54) is 12.1 Å². The Morgan fingerprint density at radius 1 is 1.16 bits per heavy atom. The summed E-state index contributed by atoms with van der Waals surface area (Å²) in [6, 6.07) is 13.9. The van der Waals surface area contributed by atoms with Gasteiger partial charge in [-0.25, -0.2) is 4.39 Å². The fourth-order valence-electron chi connectivity index (χ4n) is 4.45. The number of nitrogens with zero attached hydrogens (tertiary/aromatic N) is 2. The van der Waals surface area contributed by atoms with E-state index in [4.69, 9.17) is 4.74 Å². The van der Waals surface area contributed by atoms with Crippen molar-refractivity contribution in [2.75, 3.05) is 19.7 Å². The smallest absolute Gasteiger partial charge is 0.306 e. The first kappa shape index (κ1) is 21.0. The minimum atomic E-state index is -0.301. The summed E-state index contributed by atoms with van der Waals surface area (Å²) in [5, 5.41) is 7.96. The third-order valence-electron chi connectivity index (χ3n) is 6.06. The topological polar surface area (TPSA) is 75.3 Å². The molecule has 31 heavy (non-hydrogen) atoms. The Balaban J connectivity index is 1.47. The third-order valence-corrected chi connectivity index (χ3v) is 6.06. The largest absolute Gasteiger partial charge is 0.466 e. The van der Waals surface area contributed by atoms with E-state index in [1.54, 1.807) is 19.1 Å². The molecule has 7 heteroatoms. The molecule has 1 amide bonds. The van der Waals surface area contributed by atoms with Crippen LogP contribution in [0.2, 0.25) is 0 Å². The van der Waals surface area contributed by atoms with Crippen LogP contribution in [0.1, 0.15) is 48.2 Å². The van der Waals surface area contributed by atoms with Gasteiger partial charge in [0.15, 0.2) is 5.69 Å². The first-order chi connectivity index (χ1) is 15.1. The predicted octanol–water partition coefficient (Wildman–Crippen LogP) is 4.29. The molecule has 0 spiro atoms. The van der Waals surface area contributed by atoms with Gasteiger partial charge in [0, 0.05) is 18.5 Å². The quantitative estimate of drug-likeness (QED) is 0.600. The summed E-state index contributed by atoms with van der Waals surface area (Å²) in [6.07, 6.45) is 1.77. The van der Waals surface area contributed by atoms with Crippen molar-refractivity contribution < 1.29 is 18.7 Å². The Kier molecular flexibility index (Phi) is 6.30. The number of hydrogen-bond donors (Lipinski definition) is 1. The van der Waals surface area contributed by atoms with Crippen molar-refractivity contribution in [2.24, 2.45) is 5.92 Å². The second-order valence-corrected chi connectivity index (χ2v) is 7.91. The van der Waals surface area contributed by atoms with Crippen molar-refractivity contribution in [1.29, 1.82) is 0 Å². The molecular formula is C24H26FN3O3. The van der Waals surface area contributed by atoms with Crippen molar-refractivity contribution >= 4 is 22.8 Å². The maximum atomic E-state index is 13.4. The van der Waals surface area contributed by atoms with E-state index in [0.717, 1.165) is 29.3 Å². The average Bonchev–Trinajstić information content (AvgIpc) is 3.22. The Hall–Kier alpha value is -3.22. The molecular weight excluding hydrogens is 397 g/mol. The van der Waals surface area contributed by atoms with Gasteiger partial charge in [0.1, 0.15) is 5.82 Å². The van der Waals surface area contributed by atoms with E-state index in [9.17, 15) is 14.0 Å². The first-order valence-electron chi connectivity index (χ1n) is 10.7. The van der Waals surface area contributed by atoms with Crippen LogP contribution in [0.4, 0.5) is 4.39 Å². The fraction of sp³-hybridized carbons (Fsp3) is 0.375. The zero-order valence-electron chi connectivity index (χ0n) is 17.5. The van der Waals surface area contributed by atoms with E-state index in [1.807, 2.05) is 29.2 Å². The van der Waals surface area contributed by atoms with E-state index >= 15 is 0 Å². The molecule has 1 unspecified atom stereocenters. The molecule has 3 aromatic rings. The van der Waals surface area contributed by atoms with Crippen LogP contribution in [0.15, 0.2) is 48.5 Å². The van der Waals surface area contributed by atoms with Gasteiger partial charge in [-0.05, 0) is 55.4 Å². The SMILES string of the molecule is CCOC(=O)CC(c1ccc(F)cc1)C1CCN(C(=O)c2n[nH]c3ccccc23)CC1. The molecule has 1 aromatic heterocycles. The zero-order valence-corrected chi connectivity index (χ0v) is 17.5. The van der Waals surface area contributed by atoms with Gasteiger partial charge in [-0.2, -0.15) is 5.10 Å². The van der Waals surface area contributed by atoms with E-state index < -0.39 is 0 Å². The Bertz CT molecular complexity index is 1060. The van der Waals surface area contributed by atoms with E-state index in [0.29, 0.717) is 25.4 Å². The molecule has 0 saturated carbocycles. The summed E-state index contributed by atoms with van der Waals surface area (Å²) < 4.78 is 18.6. The Labute approximate surface area is 180 Å². The Morgan fingerprint density at radius 2 is 1.87 bits per heavy atom. The summed E-state index contributed by atoms with van der Waals surface area (Å²) in [5.74, 6) is -0.499. The van der Waals surface area contributed by atoms with E-state index in [2.05, 4.69) is 10.2 Å². The zero-order chi connectivity index (χ0) is 21.8. The molecule has 162 valence electrons. The lowest BCUT2D eigenvalue weighted by atomic mass is 9.78. The minimum Gasteiger partial charge on any atom is -0.466 e. The second-order valence-electron chi connectivity index (χ2n) is 7.91. The predicted molar refractivity (Wildman–Crippen MR) is 115 cm³/mol. The van der Waals surface area contributed by atoms with Gasteiger partial charge < -0.3 is 9.64 Å². The number of ether oxygens (including phenoxy) is 1. The molecule has 2 heterocycles. The van der Waals surface area contributed by atoms with Crippen LogP contribution in [0.5, 0.6) is 0 Å². The molecule has 1 aliphatic heterocycles. The number of H-pyrrole nitrogens is 1. The van der Waals surface area contributed by atoms with Crippen LogP contribution >= 0.6 is 0 Å². The summed E-state index contributed by atoms with van der Waals surface area (Å²) in [6.45, 7) is 3.30. The van der Waals surface area contributed by atoms with Crippen molar-refractivity contribution in [3.63, 3.8) is 0 Å². The highest BCUT2D eigenvalue weighted by Gasteiger charge is 2.32. The molecule has 4 rings (SSSR count). The molecule has 0 aliphatic carbocycles. The molecule has 1 atom stereocenters. The number of carbonyl (C=O) groups is 2. The summed E-state index contributed by atoms with van der Waals surface area (Å²) >= 11 is 0. The highest BCUT2D eigenvalue weighted by Crippen LogP contribution is 2.36. The number of nitrogens with one attached hydrogen (secondary N) is 1. The van der Waals surface area contributed by atoms with Crippen molar-refractivity contribution in [2.45, 2.75) is 32.1 Å². The maximum Gasteiger partial charge on any atom is 0.306 e. The molecule has 0 bridgehead atoms. The molecule has 1 N–H and O–H groups in total. The number of piperidine rings is 1. The summed E-state index contributed by atoms with van der Waals surface area (Å²) in [7, 11) is 0. The van der Waals surface area contributed by atoms with Gasteiger partial charge >= 0.3 is 5.97 Å². The summed E-state index contributed by atoms with van der Waals surface area (Å²) in [5.41, 5.74) is 2.21. The lowest BCUT2D eigenvalue weighted by molar-refractivity contribution is -0.144. The van der Waals surface area contributed by atoms with Crippen LogP contribution in [0.3, 0.4) is 0 Å². The highest BCUT2D eigenvalue weighted by atomic mass is 19.1. The summed E-state index contributed by atoms with van der Waals surface area (Å²) in [4.78, 5) is 27.1.